The van der Waals surface area contributed by atoms with Crippen LogP contribution >= 0.6 is 0 Å². The van der Waals surface area contributed by atoms with E-state index < -0.39 is 12.3 Å². The summed E-state index contributed by atoms with van der Waals surface area (Å²) in [4.78, 5) is 0. The predicted octanol–water partition coefficient (Wildman–Crippen LogP) is 2.48. The molecular weight excluding hydrogens is 195 g/mol. The summed E-state index contributed by atoms with van der Waals surface area (Å²) in [7, 11) is 0. The van der Waals surface area contributed by atoms with Crippen LogP contribution < -0.4 is 4.74 Å². The van der Waals surface area contributed by atoms with Gasteiger partial charge in [-0.15, -0.1) is 0 Å². The lowest BCUT2D eigenvalue weighted by Gasteiger charge is -2.10. The fourth-order valence-electron chi connectivity index (χ4n) is 1.68. The third kappa shape index (κ3) is 2.29. The van der Waals surface area contributed by atoms with E-state index in [2.05, 4.69) is 0 Å². The minimum atomic E-state index is -0.827. The van der Waals surface area contributed by atoms with Crippen LogP contribution in [0.1, 0.15) is 25.0 Å². The molecule has 0 amide bonds. The number of aliphatic hydroxyl groups is 1. The molecule has 0 saturated heterocycles. The van der Waals surface area contributed by atoms with E-state index >= 15 is 0 Å². The summed E-state index contributed by atoms with van der Waals surface area (Å²) < 4.78 is 18.0. The highest BCUT2D eigenvalue weighted by atomic mass is 19.1. The van der Waals surface area contributed by atoms with Crippen molar-refractivity contribution < 1.29 is 14.2 Å². The number of alkyl halides is 1. The molecular formula is C12H15FO2. The molecule has 1 N–H and O–H groups in total. The summed E-state index contributed by atoms with van der Waals surface area (Å²) >= 11 is 0. The molecule has 0 aliphatic heterocycles. The number of halogens is 1. The molecule has 3 atom stereocenters. The van der Waals surface area contributed by atoms with E-state index in [9.17, 15) is 9.50 Å². The summed E-state index contributed by atoms with van der Waals surface area (Å²) in [6.45, 7) is 2.54. The van der Waals surface area contributed by atoms with Gasteiger partial charge in [-0.05, 0) is 31.0 Å². The predicted molar refractivity (Wildman–Crippen MR) is 55.6 cm³/mol. The number of benzene rings is 1. The standard InChI is InChI=1S/C12H15FO2/c1-2-15-9-5-3-8(4-6-9)12(14)10-7-11(10)13/h3-6,10-12,14H,2,7H2,1H3. The molecule has 82 valence electrons. The Hall–Kier alpha value is -1.09. The average molecular weight is 210 g/mol. The Morgan fingerprint density at radius 2 is 2.07 bits per heavy atom. The van der Waals surface area contributed by atoms with E-state index in [1.165, 1.54) is 0 Å². The molecule has 2 rings (SSSR count). The van der Waals surface area contributed by atoms with Crippen LogP contribution in [-0.2, 0) is 0 Å². The van der Waals surface area contributed by atoms with E-state index in [1.807, 2.05) is 6.92 Å². The number of ether oxygens (including phenoxy) is 1. The number of hydrogen-bond donors (Lipinski definition) is 1. The van der Waals surface area contributed by atoms with Crippen molar-refractivity contribution in [2.75, 3.05) is 6.61 Å². The fourth-order valence-corrected chi connectivity index (χ4v) is 1.68. The third-order valence-corrected chi connectivity index (χ3v) is 2.70. The Kier molecular flexibility index (Phi) is 2.91. The molecule has 0 aromatic heterocycles. The van der Waals surface area contributed by atoms with E-state index in [-0.39, 0.29) is 5.92 Å². The van der Waals surface area contributed by atoms with Gasteiger partial charge in [0.2, 0.25) is 0 Å². The normalized spacial score (nSPS) is 26.1. The molecule has 3 heteroatoms. The Labute approximate surface area is 88.7 Å². The van der Waals surface area contributed by atoms with Crippen molar-refractivity contribution in [1.29, 1.82) is 0 Å². The minimum absolute atomic E-state index is 0.206. The largest absolute Gasteiger partial charge is 0.494 e. The molecule has 1 aromatic carbocycles. The van der Waals surface area contributed by atoms with Gasteiger partial charge < -0.3 is 9.84 Å². The monoisotopic (exact) mass is 210 g/mol. The van der Waals surface area contributed by atoms with Crippen LogP contribution in [0.15, 0.2) is 24.3 Å². The van der Waals surface area contributed by atoms with Gasteiger partial charge in [0.1, 0.15) is 11.9 Å². The number of hydrogen-bond acceptors (Lipinski definition) is 2. The highest BCUT2D eigenvalue weighted by Gasteiger charge is 2.43. The topological polar surface area (TPSA) is 29.5 Å². The highest BCUT2D eigenvalue weighted by molar-refractivity contribution is 5.29. The smallest absolute Gasteiger partial charge is 0.119 e. The van der Waals surface area contributed by atoms with Gasteiger partial charge in [0.15, 0.2) is 0 Å². The van der Waals surface area contributed by atoms with E-state index in [1.54, 1.807) is 24.3 Å². The van der Waals surface area contributed by atoms with Crippen molar-refractivity contribution in [2.24, 2.45) is 5.92 Å². The SMILES string of the molecule is CCOc1ccc(C(O)C2CC2F)cc1. The fraction of sp³-hybridized carbons (Fsp3) is 0.500. The van der Waals surface area contributed by atoms with Crippen molar-refractivity contribution in [3.05, 3.63) is 29.8 Å². The van der Waals surface area contributed by atoms with Gasteiger partial charge in [0, 0.05) is 5.92 Å². The summed E-state index contributed by atoms with van der Waals surface area (Å²) in [5, 5.41) is 9.77. The first-order chi connectivity index (χ1) is 7.22. The van der Waals surface area contributed by atoms with Gasteiger partial charge in [-0.3, -0.25) is 0 Å². The molecule has 2 nitrogen and oxygen atoms in total. The maximum atomic E-state index is 12.7. The molecule has 15 heavy (non-hydrogen) atoms. The Bertz CT molecular complexity index is 323. The van der Waals surface area contributed by atoms with Crippen LogP contribution in [0.2, 0.25) is 0 Å². The summed E-state index contributed by atoms with van der Waals surface area (Å²) in [5.41, 5.74) is 0.767. The van der Waals surface area contributed by atoms with Gasteiger partial charge >= 0.3 is 0 Å². The van der Waals surface area contributed by atoms with Crippen molar-refractivity contribution in [3.63, 3.8) is 0 Å². The zero-order valence-corrected chi connectivity index (χ0v) is 8.69. The first kappa shape index (κ1) is 10.4. The van der Waals surface area contributed by atoms with Gasteiger partial charge in [0.05, 0.1) is 12.7 Å². The molecule has 0 heterocycles. The van der Waals surface area contributed by atoms with Crippen LogP contribution in [0.5, 0.6) is 5.75 Å². The Morgan fingerprint density at radius 1 is 1.47 bits per heavy atom. The van der Waals surface area contributed by atoms with Crippen molar-refractivity contribution in [3.8, 4) is 5.75 Å². The second-order valence-electron chi connectivity index (χ2n) is 3.86. The van der Waals surface area contributed by atoms with Crippen LogP contribution in [-0.4, -0.2) is 17.9 Å². The third-order valence-electron chi connectivity index (χ3n) is 2.70. The molecule has 1 fully saturated rings. The maximum Gasteiger partial charge on any atom is 0.119 e. The molecule has 1 aromatic rings. The van der Waals surface area contributed by atoms with E-state index in [0.717, 1.165) is 11.3 Å². The van der Waals surface area contributed by atoms with Gasteiger partial charge in [-0.1, -0.05) is 12.1 Å². The van der Waals surface area contributed by atoms with Gasteiger partial charge in [-0.2, -0.15) is 0 Å². The van der Waals surface area contributed by atoms with Crippen LogP contribution in [0.3, 0.4) is 0 Å². The second kappa shape index (κ2) is 4.19. The first-order valence-corrected chi connectivity index (χ1v) is 5.27. The van der Waals surface area contributed by atoms with E-state index in [0.29, 0.717) is 13.0 Å². The van der Waals surface area contributed by atoms with Crippen molar-refractivity contribution in [1.82, 2.24) is 0 Å². The summed E-state index contributed by atoms with van der Waals surface area (Å²) in [6.07, 6.45) is -1.02. The molecule has 1 aliphatic carbocycles. The quantitative estimate of drug-likeness (QED) is 0.827. The van der Waals surface area contributed by atoms with Crippen LogP contribution in [0.25, 0.3) is 0 Å². The summed E-state index contributed by atoms with van der Waals surface area (Å²) in [6, 6.07) is 7.19. The lowest BCUT2D eigenvalue weighted by molar-refractivity contribution is 0.141. The van der Waals surface area contributed by atoms with Gasteiger partial charge in [-0.25, -0.2) is 4.39 Å². The highest BCUT2D eigenvalue weighted by Crippen LogP contribution is 2.43. The molecule has 1 saturated carbocycles. The molecule has 1 aliphatic rings. The van der Waals surface area contributed by atoms with Crippen molar-refractivity contribution >= 4 is 0 Å². The summed E-state index contributed by atoms with van der Waals surface area (Å²) in [5.74, 6) is 0.573. The number of rotatable bonds is 4. The Balaban J connectivity index is 2.03. The second-order valence-corrected chi connectivity index (χ2v) is 3.86. The zero-order valence-electron chi connectivity index (χ0n) is 8.69. The van der Waals surface area contributed by atoms with Crippen molar-refractivity contribution in [2.45, 2.75) is 25.6 Å². The average Bonchev–Trinajstić information content (AvgIpc) is 2.96. The molecule has 0 bridgehead atoms. The lowest BCUT2D eigenvalue weighted by Crippen LogP contribution is -2.01. The lowest BCUT2D eigenvalue weighted by atomic mass is 10.1. The molecule has 0 spiro atoms. The first-order valence-electron chi connectivity index (χ1n) is 5.27. The zero-order chi connectivity index (χ0) is 10.8. The maximum absolute atomic E-state index is 12.7. The molecule has 0 radical (unpaired) electrons. The van der Waals surface area contributed by atoms with E-state index in [4.69, 9.17) is 4.74 Å². The molecule has 3 unspecified atom stereocenters. The number of aliphatic hydroxyl groups excluding tert-OH is 1. The van der Waals surface area contributed by atoms with Crippen LogP contribution in [0, 0.1) is 5.92 Å². The van der Waals surface area contributed by atoms with Crippen LogP contribution in [0.4, 0.5) is 4.39 Å². The van der Waals surface area contributed by atoms with Gasteiger partial charge in [0.25, 0.3) is 0 Å². The minimum Gasteiger partial charge on any atom is -0.494 e. The Morgan fingerprint density at radius 3 is 2.53 bits per heavy atom.